The Morgan fingerprint density at radius 1 is 1.53 bits per heavy atom. The third-order valence-electron chi connectivity index (χ3n) is 3.05. The Labute approximate surface area is 101 Å². The predicted molar refractivity (Wildman–Crippen MR) is 64.9 cm³/mol. The summed E-state index contributed by atoms with van der Waals surface area (Å²) < 4.78 is 0. The molecule has 17 heavy (non-hydrogen) atoms. The van der Waals surface area contributed by atoms with E-state index in [0.29, 0.717) is 5.56 Å². The molecule has 0 aliphatic carbocycles. The van der Waals surface area contributed by atoms with Gasteiger partial charge in [-0.1, -0.05) is 0 Å². The highest BCUT2D eigenvalue weighted by molar-refractivity contribution is 5.93. The highest BCUT2D eigenvalue weighted by Gasteiger charge is 2.14. The minimum atomic E-state index is 0.0221. The first kappa shape index (κ1) is 12.1. The van der Waals surface area contributed by atoms with Gasteiger partial charge in [0.25, 0.3) is 5.91 Å². The van der Waals surface area contributed by atoms with Crippen molar-refractivity contribution in [2.75, 3.05) is 46.3 Å². The summed E-state index contributed by atoms with van der Waals surface area (Å²) >= 11 is 0. The van der Waals surface area contributed by atoms with Gasteiger partial charge in [-0.25, -0.2) is 0 Å². The Morgan fingerprint density at radius 2 is 2.29 bits per heavy atom. The second kappa shape index (κ2) is 5.79. The van der Waals surface area contributed by atoms with Gasteiger partial charge >= 0.3 is 0 Å². The number of aromatic amines is 1. The lowest BCUT2D eigenvalue weighted by Gasteiger charge is -2.29. The first-order valence-corrected chi connectivity index (χ1v) is 5.94. The molecule has 1 amide bonds. The van der Waals surface area contributed by atoms with Crippen molar-refractivity contribution in [1.82, 2.24) is 25.3 Å². The summed E-state index contributed by atoms with van der Waals surface area (Å²) in [5.41, 5.74) is 0.618. The number of piperazine rings is 1. The second-order valence-corrected chi connectivity index (χ2v) is 4.31. The first-order chi connectivity index (χ1) is 8.27. The van der Waals surface area contributed by atoms with Gasteiger partial charge in [0.2, 0.25) is 0 Å². The molecule has 2 N–H and O–H groups in total. The third-order valence-corrected chi connectivity index (χ3v) is 3.05. The van der Waals surface area contributed by atoms with Crippen molar-refractivity contribution in [3.05, 3.63) is 18.0 Å². The molecule has 2 heterocycles. The topological polar surface area (TPSA) is 64.3 Å². The van der Waals surface area contributed by atoms with Crippen molar-refractivity contribution in [2.45, 2.75) is 0 Å². The molecule has 94 valence electrons. The number of nitrogens with one attached hydrogen (secondary N) is 2. The highest BCUT2D eigenvalue weighted by atomic mass is 16.2. The third kappa shape index (κ3) is 3.28. The van der Waals surface area contributed by atoms with E-state index in [2.05, 4.69) is 20.4 Å². The van der Waals surface area contributed by atoms with Crippen molar-refractivity contribution in [1.29, 1.82) is 0 Å². The molecule has 0 atom stereocenters. The highest BCUT2D eigenvalue weighted by Crippen LogP contribution is 2.00. The number of nitrogens with zero attached hydrogens (tertiary/aromatic N) is 3. The molecule has 0 spiro atoms. The summed E-state index contributed by atoms with van der Waals surface area (Å²) in [6.45, 7) is 5.89. The van der Waals surface area contributed by atoms with Gasteiger partial charge in [-0.05, 0) is 0 Å². The summed E-state index contributed by atoms with van der Waals surface area (Å²) in [4.78, 5) is 16.0. The van der Waals surface area contributed by atoms with Crippen LogP contribution in [0.15, 0.2) is 12.4 Å². The molecule has 1 aliphatic rings. The molecule has 1 saturated heterocycles. The number of aromatic nitrogens is 2. The van der Waals surface area contributed by atoms with Crippen LogP contribution in [-0.2, 0) is 0 Å². The number of carbonyl (C=O) groups excluding carboxylic acids is 1. The molecule has 0 bridgehead atoms. The van der Waals surface area contributed by atoms with E-state index in [1.165, 1.54) is 0 Å². The van der Waals surface area contributed by atoms with E-state index in [4.69, 9.17) is 0 Å². The molecule has 6 heteroatoms. The maximum atomic E-state index is 11.9. The van der Waals surface area contributed by atoms with Crippen LogP contribution in [0.1, 0.15) is 10.4 Å². The lowest BCUT2D eigenvalue weighted by molar-refractivity contribution is 0.0775. The molecule has 1 fully saturated rings. The Morgan fingerprint density at radius 3 is 2.94 bits per heavy atom. The molecule has 1 aromatic heterocycles. The van der Waals surface area contributed by atoms with Crippen LogP contribution in [0.4, 0.5) is 0 Å². The number of likely N-dealkylation sites (N-methyl/N-ethyl adjacent to an activating group) is 1. The van der Waals surface area contributed by atoms with Gasteiger partial charge in [-0.15, -0.1) is 0 Å². The van der Waals surface area contributed by atoms with Crippen LogP contribution in [0.2, 0.25) is 0 Å². The number of hydrogen-bond acceptors (Lipinski definition) is 4. The molecule has 1 aliphatic heterocycles. The smallest absolute Gasteiger partial charge is 0.256 e. The largest absolute Gasteiger partial charge is 0.340 e. The molecule has 0 radical (unpaired) electrons. The van der Waals surface area contributed by atoms with Crippen LogP contribution in [-0.4, -0.2) is 72.2 Å². The Hall–Kier alpha value is -1.40. The Balaban J connectivity index is 1.76. The van der Waals surface area contributed by atoms with Crippen LogP contribution >= 0.6 is 0 Å². The van der Waals surface area contributed by atoms with E-state index in [1.54, 1.807) is 17.3 Å². The summed E-state index contributed by atoms with van der Waals surface area (Å²) in [6, 6.07) is 0. The molecule has 0 aromatic carbocycles. The maximum Gasteiger partial charge on any atom is 0.256 e. The van der Waals surface area contributed by atoms with Gasteiger partial charge in [-0.3, -0.25) is 14.8 Å². The Kier molecular flexibility index (Phi) is 4.11. The standard InChI is InChI=1S/C11H19N5O/c1-15(11(17)10-8-13-14-9-10)6-7-16-4-2-12-3-5-16/h8-9,12H,2-7H2,1H3,(H,13,14). The fourth-order valence-corrected chi connectivity index (χ4v) is 1.92. The molecule has 6 nitrogen and oxygen atoms in total. The van der Waals surface area contributed by atoms with Crippen molar-refractivity contribution in [3.8, 4) is 0 Å². The molecule has 0 unspecified atom stereocenters. The second-order valence-electron chi connectivity index (χ2n) is 4.31. The van der Waals surface area contributed by atoms with Gasteiger partial charge in [0.15, 0.2) is 0 Å². The van der Waals surface area contributed by atoms with Gasteiger partial charge in [0.05, 0.1) is 11.8 Å². The quantitative estimate of drug-likeness (QED) is 0.733. The first-order valence-electron chi connectivity index (χ1n) is 5.94. The van der Waals surface area contributed by atoms with E-state index < -0.39 is 0 Å². The molecular weight excluding hydrogens is 218 g/mol. The van der Waals surface area contributed by atoms with Crippen molar-refractivity contribution in [3.63, 3.8) is 0 Å². The predicted octanol–water partition coefficient (Wildman–Crippen LogP) is -0.613. The number of amides is 1. The van der Waals surface area contributed by atoms with E-state index in [9.17, 15) is 4.79 Å². The molecule has 1 aromatic rings. The minimum absolute atomic E-state index is 0.0221. The maximum absolute atomic E-state index is 11.9. The SMILES string of the molecule is CN(CCN1CCNCC1)C(=O)c1cn[nH]c1. The minimum Gasteiger partial charge on any atom is -0.340 e. The van der Waals surface area contributed by atoms with Crippen LogP contribution in [0, 0.1) is 0 Å². The Bertz CT molecular complexity index is 345. The zero-order valence-electron chi connectivity index (χ0n) is 10.1. The van der Waals surface area contributed by atoms with Crippen molar-refractivity contribution >= 4 is 5.91 Å². The monoisotopic (exact) mass is 237 g/mol. The summed E-state index contributed by atoms with van der Waals surface area (Å²) in [7, 11) is 1.83. The van der Waals surface area contributed by atoms with Gasteiger partial charge < -0.3 is 10.2 Å². The summed E-state index contributed by atoms with van der Waals surface area (Å²) in [5, 5.41) is 9.75. The van der Waals surface area contributed by atoms with Crippen LogP contribution in [0.25, 0.3) is 0 Å². The lowest BCUT2D eigenvalue weighted by atomic mass is 10.3. The lowest BCUT2D eigenvalue weighted by Crippen LogP contribution is -2.46. The van der Waals surface area contributed by atoms with Crippen LogP contribution in [0.3, 0.4) is 0 Å². The fraction of sp³-hybridized carbons (Fsp3) is 0.636. The van der Waals surface area contributed by atoms with Gasteiger partial charge in [0, 0.05) is 52.5 Å². The van der Waals surface area contributed by atoms with Crippen molar-refractivity contribution < 1.29 is 4.79 Å². The number of carbonyl (C=O) groups is 1. The van der Waals surface area contributed by atoms with Crippen molar-refractivity contribution in [2.24, 2.45) is 0 Å². The van der Waals surface area contributed by atoms with Gasteiger partial charge in [0.1, 0.15) is 0 Å². The average molecular weight is 237 g/mol. The molecule has 0 saturated carbocycles. The normalized spacial score (nSPS) is 17.0. The number of hydrogen-bond donors (Lipinski definition) is 2. The van der Waals surface area contributed by atoms with E-state index >= 15 is 0 Å². The van der Waals surface area contributed by atoms with E-state index in [-0.39, 0.29) is 5.91 Å². The van der Waals surface area contributed by atoms with Gasteiger partial charge in [-0.2, -0.15) is 5.10 Å². The van der Waals surface area contributed by atoms with Crippen LogP contribution in [0.5, 0.6) is 0 Å². The number of H-pyrrole nitrogens is 1. The summed E-state index contributed by atoms with van der Waals surface area (Å²) in [5.74, 6) is 0.0221. The zero-order valence-corrected chi connectivity index (χ0v) is 10.1. The average Bonchev–Trinajstić information content (AvgIpc) is 2.90. The number of rotatable bonds is 4. The van der Waals surface area contributed by atoms with E-state index in [1.807, 2.05) is 7.05 Å². The molecular formula is C11H19N5O. The zero-order chi connectivity index (χ0) is 12.1. The molecule has 2 rings (SSSR count). The van der Waals surface area contributed by atoms with E-state index in [0.717, 1.165) is 39.3 Å². The fourth-order valence-electron chi connectivity index (χ4n) is 1.92. The van der Waals surface area contributed by atoms with Crippen LogP contribution < -0.4 is 5.32 Å². The summed E-state index contributed by atoms with van der Waals surface area (Å²) in [6.07, 6.45) is 3.19.